The van der Waals surface area contributed by atoms with Gasteiger partial charge in [0.15, 0.2) is 0 Å². The number of hydrogen-bond acceptors (Lipinski definition) is 4. The minimum absolute atomic E-state index is 0.0584. The number of rotatable bonds is 5. The van der Waals surface area contributed by atoms with Crippen LogP contribution < -0.4 is 10.6 Å². The van der Waals surface area contributed by atoms with Gasteiger partial charge in [-0.15, -0.1) is 0 Å². The van der Waals surface area contributed by atoms with Crippen LogP contribution in [-0.4, -0.2) is 54.5 Å². The van der Waals surface area contributed by atoms with Gasteiger partial charge in [0.25, 0.3) is 5.91 Å². The summed E-state index contributed by atoms with van der Waals surface area (Å²) in [7, 11) is 0. The summed E-state index contributed by atoms with van der Waals surface area (Å²) in [6.45, 7) is 7.54. The number of amides is 2. The number of hydrogen-bond donors (Lipinski definition) is 3. The van der Waals surface area contributed by atoms with Crippen molar-refractivity contribution in [3.8, 4) is 0 Å². The topological polar surface area (TPSA) is 86.5 Å². The number of benzene rings is 1. The second-order valence-electron chi connectivity index (χ2n) is 7.62. The molecule has 2 aliphatic rings. The molecule has 3 N–H and O–H groups in total. The number of morpholine rings is 1. The summed E-state index contributed by atoms with van der Waals surface area (Å²) in [4.78, 5) is 30.3. The van der Waals surface area contributed by atoms with Crippen molar-refractivity contribution in [3.63, 3.8) is 0 Å². The van der Waals surface area contributed by atoms with E-state index in [9.17, 15) is 14.0 Å². The summed E-state index contributed by atoms with van der Waals surface area (Å²) < 4.78 is 19.0. The Morgan fingerprint density at radius 1 is 1.30 bits per heavy atom. The number of fused-ring (bicyclic) bond motifs is 1. The summed E-state index contributed by atoms with van der Waals surface area (Å²) >= 11 is 0. The molecule has 30 heavy (non-hydrogen) atoms. The zero-order valence-corrected chi connectivity index (χ0v) is 17.1. The number of halogens is 1. The first-order chi connectivity index (χ1) is 14.4. The third kappa shape index (κ3) is 4.15. The Balaban J connectivity index is 1.50. The van der Waals surface area contributed by atoms with Crippen LogP contribution in [0, 0.1) is 19.7 Å². The fourth-order valence-corrected chi connectivity index (χ4v) is 3.84. The largest absolute Gasteiger partial charge is 0.379 e. The number of carbonyl (C=O) groups is 2. The first kappa shape index (κ1) is 20.3. The molecule has 0 radical (unpaired) electrons. The molecule has 0 saturated carbocycles. The van der Waals surface area contributed by atoms with Crippen LogP contribution in [0.2, 0.25) is 0 Å². The Hall–Kier alpha value is -2.97. The van der Waals surface area contributed by atoms with E-state index in [1.165, 1.54) is 12.1 Å². The van der Waals surface area contributed by atoms with Crippen molar-refractivity contribution in [2.45, 2.75) is 20.3 Å². The monoisotopic (exact) mass is 412 g/mol. The van der Waals surface area contributed by atoms with Crippen LogP contribution in [0.3, 0.4) is 0 Å². The van der Waals surface area contributed by atoms with Gasteiger partial charge < -0.3 is 20.4 Å². The molecule has 0 bridgehead atoms. The van der Waals surface area contributed by atoms with Crippen LogP contribution >= 0.6 is 0 Å². The molecule has 0 aliphatic carbocycles. The van der Waals surface area contributed by atoms with Crippen LogP contribution in [0.4, 0.5) is 15.8 Å². The molecule has 2 amide bonds. The molecule has 0 unspecified atom stereocenters. The second-order valence-corrected chi connectivity index (χ2v) is 7.62. The highest BCUT2D eigenvalue weighted by Gasteiger charge is 2.25. The molecule has 1 aromatic carbocycles. The molecule has 0 atom stereocenters. The van der Waals surface area contributed by atoms with Crippen molar-refractivity contribution in [2.24, 2.45) is 0 Å². The van der Waals surface area contributed by atoms with Gasteiger partial charge in [-0.3, -0.25) is 14.5 Å². The van der Waals surface area contributed by atoms with E-state index in [0.29, 0.717) is 54.4 Å². The van der Waals surface area contributed by atoms with E-state index >= 15 is 0 Å². The molecular formula is C22H25FN4O3. The number of aromatic nitrogens is 1. The highest BCUT2D eigenvalue weighted by atomic mass is 19.1. The van der Waals surface area contributed by atoms with Crippen LogP contribution in [0.15, 0.2) is 18.2 Å². The average Bonchev–Trinajstić information content (AvgIpc) is 3.18. The summed E-state index contributed by atoms with van der Waals surface area (Å²) in [5.74, 6) is -0.737. The van der Waals surface area contributed by atoms with Crippen molar-refractivity contribution in [1.82, 2.24) is 9.88 Å². The van der Waals surface area contributed by atoms with Gasteiger partial charge in [-0.1, -0.05) is 0 Å². The number of nitrogens with one attached hydrogen (secondary N) is 3. The Bertz CT molecular complexity index is 1020. The van der Waals surface area contributed by atoms with Gasteiger partial charge in [-0.2, -0.15) is 0 Å². The van der Waals surface area contributed by atoms with E-state index in [-0.39, 0.29) is 11.8 Å². The zero-order valence-electron chi connectivity index (χ0n) is 17.1. The van der Waals surface area contributed by atoms with E-state index in [1.807, 2.05) is 13.8 Å². The zero-order chi connectivity index (χ0) is 21.3. The lowest BCUT2D eigenvalue weighted by Gasteiger charge is -2.26. The maximum absolute atomic E-state index is 13.7. The quantitative estimate of drug-likeness (QED) is 0.659. The molecular weight excluding hydrogens is 387 g/mol. The van der Waals surface area contributed by atoms with Gasteiger partial charge in [0.1, 0.15) is 5.82 Å². The van der Waals surface area contributed by atoms with E-state index in [1.54, 1.807) is 12.1 Å². The van der Waals surface area contributed by atoms with Crippen LogP contribution in [0.5, 0.6) is 0 Å². The van der Waals surface area contributed by atoms with E-state index in [0.717, 1.165) is 24.3 Å². The van der Waals surface area contributed by atoms with E-state index in [4.69, 9.17) is 4.74 Å². The van der Waals surface area contributed by atoms with Crippen LogP contribution in [0.1, 0.15) is 28.9 Å². The van der Waals surface area contributed by atoms with E-state index in [2.05, 4.69) is 20.5 Å². The number of aromatic amines is 1. The SMILES string of the molecule is Cc1[nH]c(C=C2C(=O)Nc3ccc(F)cc32)c(C)c1NC(=O)CCN1CCOCC1. The minimum atomic E-state index is -0.399. The Labute approximate surface area is 174 Å². The number of nitrogens with zero attached hydrogens (tertiary/aromatic N) is 1. The summed E-state index contributed by atoms with van der Waals surface area (Å²) in [6, 6.07) is 4.21. The number of carbonyl (C=O) groups excluding carboxylic acids is 2. The molecule has 4 rings (SSSR count). The predicted molar refractivity (Wildman–Crippen MR) is 114 cm³/mol. The highest BCUT2D eigenvalue weighted by molar-refractivity contribution is 6.34. The van der Waals surface area contributed by atoms with Crippen LogP contribution in [-0.2, 0) is 14.3 Å². The Morgan fingerprint density at radius 2 is 2.07 bits per heavy atom. The van der Waals surface area contributed by atoms with Gasteiger partial charge in [0.05, 0.1) is 24.5 Å². The fraction of sp³-hybridized carbons (Fsp3) is 0.364. The third-order valence-corrected chi connectivity index (χ3v) is 5.55. The lowest BCUT2D eigenvalue weighted by molar-refractivity contribution is -0.116. The van der Waals surface area contributed by atoms with Gasteiger partial charge in [-0.05, 0) is 43.7 Å². The molecule has 3 heterocycles. The Kier molecular flexibility index (Phi) is 5.69. The lowest BCUT2D eigenvalue weighted by atomic mass is 10.0. The molecule has 158 valence electrons. The van der Waals surface area contributed by atoms with Gasteiger partial charge >= 0.3 is 0 Å². The van der Waals surface area contributed by atoms with Crippen molar-refractivity contribution < 1.29 is 18.7 Å². The standard InChI is InChI=1S/C22H25FN4O3/c1-13-19(12-17-16-11-15(23)3-4-18(16)25-22(17)29)24-14(2)21(13)26-20(28)5-6-27-7-9-30-10-8-27/h3-4,11-12,24H,5-10H2,1-2H3,(H,25,29)(H,26,28). The normalized spacial score (nSPS) is 17.8. The molecule has 7 nitrogen and oxygen atoms in total. The molecule has 0 spiro atoms. The number of anilines is 2. The number of H-pyrrole nitrogens is 1. The number of aryl methyl sites for hydroxylation is 1. The summed E-state index contributed by atoms with van der Waals surface area (Å²) in [5.41, 5.74) is 4.56. The Morgan fingerprint density at radius 3 is 2.83 bits per heavy atom. The molecule has 8 heteroatoms. The van der Waals surface area contributed by atoms with Crippen molar-refractivity contribution in [2.75, 3.05) is 43.5 Å². The molecule has 2 aliphatic heterocycles. The first-order valence-electron chi connectivity index (χ1n) is 10.0. The predicted octanol–water partition coefficient (Wildman–Crippen LogP) is 2.92. The van der Waals surface area contributed by atoms with Crippen molar-refractivity contribution in [3.05, 3.63) is 46.5 Å². The lowest BCUT2D eigenvalue weighted by Crippen LogP contribution is -2.38. The maximum Gasteiger partial charge on any atom is 0.256 e. The maximum atomic E-state index is 13.7. The second kappa shape index (κ2) is 8.41. The van der Waals surface area contributed by atoms with Crippen molar-refractivity contribution in [1.29, 1.82) is 0 Å². The summed E-state index contributed by atoms with van der Waals surface area (Å²) in [5, 5.41) is 5.73. The molecule has 1 fully saturated rings. The smallest absolute Gasteiger partial charge is 0.256 e. The van der Waals surface area contributed by atoms with E-state index < -0.39 is 5.82 Å². The molecule has 1 saturated heterocycles. The van der Waals surface area contributed by atoms with Gasteiger partial charge in [0, 0.05) is 48.7 Å². The van der Waals surface area contributed by atoms with Gasteiger partial charge in [0.2, 0.25) is 5.91 Å². The highest BCUT2D eigenvalue weighted by Crippen LogP contribution is 2.35. The van der Waals surface area contributed by atoms with Crippen LogP contribution in [0.25, 0.3) is 11.6 Å². The molecule has 2 aromatic rings. The first-order valence-corrected chi connectivity index (χ1v) is 10.0. The summed E-state index contributed by atoms with van der Waals surface area (Å²) in [6.07, 6.45) is 2.10. The van der Waals surface area contributed by atoms with Crippen molar-refractivity contribution >= 4 is 34.8 Å². The number of ether oxygens (including phenoxy) is 1. The average molecular weight is 412 g/mol. The third-order valence-electron chi connectivity index (χ3n) is 5.55. The fourth-order valence-electron chi connectivity index (χ4n) is 3.84. The minimum Gasteiger partial charge on any atom is -0.379 e. The molecule has 1 aromatic heterocycles. The van der Waals surface area contributed by atoms with Gasteiger partial charge in [-0.25, -0.2) is 4.39 Å².